The van der Waals surface area contributed by atoms with Gasteiger partial charge in [-0.25, -0.2) is 4.39 Å². The second-order valence-electron chi connectivity index (χ2n) is 3.27. The molecule has 5 heteroatoms. The first-order valence-corrected chi connectivity index (χ1v) is 6.56. The SMILES string of the molecule is Fc1ccc(CON=Cc2cccs2)cc1Br. The summed E-state index contributed by atoms with van der Waals surface area (Å²) >= 11 is 4.71. The number of benzene rings is 1. The third kappa shape index (κ3) is 3.64. The van der Waals surface area contributed by atoms with E-state index in [9.17, 15) is 4.39 Å². The standard InChI is InChI=1S/C12H9BrFNOS/c13-11-6-9(3-4-12(11)14)8-16-15-7-10-2-1-5-17-10/h1-7H,8H2. The molecule has 0 saturated heterocycles. The first-order valence-electron chi connectivity index (χ1n) is 4.88. The van der Waals surface area contributed by atoms with Crippen LogP contribution in [0, 0.1) is 5.82 Å². The van der Waals surface area contributed by atoms with Crippen molar-refractivity contribution >= 4 is 33.5 Å². The molecule has 0 saturated carbocycles. The molecular formula is C12H9BrFNOS. The normalized spacial score (nSPS) is 10.9. The van der Waals surface area contributed by atoms with E-state index in [1.165, 1.54) is 6.07 Å². The van der Waals surface area contributed by atoms with Gasteiger partial charge in [-0.15, -0.1) is 11.3 Å². The van der Waals surface area contributed by atoms with E-state index in [4.69, 9.17) is 4.84 Å². The first kappa shape index (κ1) is 12.3. The molecule has 1 aromatic heterocycles. The molecule has 0 aliphatic heterocycles. The van der Waals surface area contributed by atoms with Crippen molar-refractivity contribution in [3.05, 3.63) is 56.4 Å². The Morgan fingerprint density at radius 2 is 2.29 bits per heavy atom. The highest BCUT2D eigenvalue weighted by molar-refractivity contribution is 9.10. The van der Waals surface area contributed by atoms with Crippen LogP contribution in [0.5, 0.6) is 0 Å². The molecule has 0 radical (unpaired) electrons. The minimum Gasteiger partial charge on any atom is -0.391 e. The van der Waals surface area contributed by atoms with E-state index in [1.54, 1.807) is 29.7 Å². The third-order valence-electron chi connectivity index (χ3n) is 2.01. The topological polar surface area (TPSA) is 21.6 Å². The van der Waals surface area contributed by atoms with E-state index < -0.39 is 0 Å². The van der Waals surface area contributed by atoms with Crippen molar-refractivity contribution < 1.29 is 9.23 Å². The Morgan fingerprint density at radius 3 is 3.00 bits per heavy atom. The molecule has 0 fully saturated rings. The molecule has 0 atom stereocenters. The van der Waals surface area contributed by atoms with E-state index in [0.29, 0.717) is 11.1 Å². The van der Waals surface area contributed by atoms with Crippen molar-refractivity contribution in [1.82, 2.24) is 0 Å². The summed E-state index contributed by atoms with van der Waals surface area (Å²) in [6, 6.07) is 8.64. The Hall–Kier alpha value is -1.20. The van der Waals surface area contributed by atoms with Crippen LogP contribution in [0.4, 0.5) is 4.39 Å². The van der Waals surface area contributed by atoms with Gasteiger partial charge in [-0.05, 0) is 45.1 Å². The van der Waals surface area contributed by atoms with Gasteiger partial charge in [-0.3, -0.25) is 0 Å². The van der Waals surface area contributed by atoms with E-state index in [1.807, 2.05) is 17.5 Å². The molecule has 2 aromatic rings. The van der Waals surface area contributed by atoms with E-state index in [2.05, 4.69) is 21.1 Å². The monoisotopic (exact) mass is 313 g/mol. The van der Waals surface area contributed by atoms with E-state index in [-0.39, 0.29) is 5.82 Å². The van der Waals surface area contributed by atoms with Crippen molar-refractivity contribution in [1.29, 1.82) is 0 Å². The van der Waals surface area contributed by atoms with Crippen molar-refractivity contribution in [3.8, 4) is 0 Å². The van der Waals surface area contributed by atoms with Gasteiger partial charge < -0.3 is 4.84 Å². The van der Waals surface area contributed by atoms with Crippen LogP contribution in [-0.2, 0) is 11.4 Å². The summed E-state index contributed by atoms with van der Waals surface area (Å²) in [6.45, 7) is 0.320. The highest BCUT2D eigenvalue weighted by Gasteiger charge is 2.00. The fourth-order valence-electron chi connectivity index (χ4n) is 1.20. The minimum atomic E-state index is -0.282. The molecule has 0 aliphatic rings. The average Bonchev–Trinajstić information content (AvgIpc) is 2.82. The maximum Gasteiger partial charge on any atom is 0.142 e. The molecule has 0 bridgehead atoms. The van der Waals surface area contributed by atoms with Crippen LogP contribution in [0.15, 0.2) is 45.3 Å². The Labute approximate surface area is 111 Å². The molecule has 0 unspecified atom stereocenters. The van der Waals surface area contributed by atoms with Crippen LogP contribution >= 0.6 is 27.3 Å². The summed E-state index contributed by atoms with van der Waals surface area (Å²) in [7, 11) is 0. The van der Waals surface area contributed by atoms with Gasteiger partial charge >= 0.3 is 0 Å². The second kappa shape index (κ2) is 5.93. The predicted octanol–water partition coefficient (Wildman–Crippen LogP) is 4.20. The molecule has 88 valence electrons. The number of rotatable bonds is 4. The Morgan fingerprint density at radius 1 is 1.41 bits per heavy atom. The summed E-state index contributed by atoms with van der Waals surface area (Å²) < 4.78 is 13.4. The van der Waals surface area contributed by atoms with Gasteiger partial charge in [0.2, 0.25) is 0 Å². The van der Waals surface area contributed by atoms with Crippen LogP contribution in [0.1, 0.15) is 10.4 Å². The van der Waals surface area contributed by atoms with Gasteiger partial charge in [0.15, 0.2) is 0 Å². The highest BCUT2D eigenvalue weighted by Crippen LogP contribution is 2.17. The molecule has 0 amide bonds. The maximum absolute atomic E-state index is 13.0. The van der Waals surface area contributed by atoms with Crippen LogP contribution in [0.25, 0.3) is 0 Å². The first-order chi connectivity index (χ1) is 8.25. The quantitative estimate of drug-likeness (QED) is 0.612. The summed E-state index contributed by atoms with van der Waals surface area (Å²) in [4.78, 5) is 6.15. The fourth-order valence-corrected chi connectivity index (χ4v) is 2.20. The van der Waals surface area contributed by atoms with E-state index in [0.717, 1.165) is 10.4 Å². The number of hydrogen-bond donors (Lipinski definition) is 0. The maximum atomic E-state index is 13.0. The van der Waals surface area contributed by atoms with Crippen molar-refractivity contribution in [2.24, 2.45) is 5.16 Å². The molecule has 17 heavy (non-hydrogen) atoms. The van der Waals surface area contributed by atoms with Crippen LogP contribution in [0.3, 0.4) is 0 Å². The molecule has 2 rings (SSSR count). The summed E-state index contributed by atoms with van der Waals surface area (Å²) in [6.07, 6.45) is 1.66. The number of nitrogens with zero attached hydrogens (tertiary/aromatic N) is 1. The lowest BCUT2D eigenvalue weighted by Gasteiger charge is -2.01. The molecular weight excluding hydrogens is 305 g/mol. The molecule has 1 aromatic carbocycles. The smallest absolute Gasteiger partial charge is 0.142 e. The molecule has 2 nitrogen and oxygen atoms in total. The van der Waals surface area contributed by atoms with Gasteiger partial charge in [-0.2, -0.15) is 0 Å². The number of halogens is 2. The zero-order valence-electron chi connectivity index (χ0n) is 8.77. The number of hydrogen-bond acceptors (Lipinski definition) is 3. The zero-order valence-corrected chi connectivity index (χ0v) is 11.2. The van der Waals surface area contributed by atoms with Crippen molar-refractivity contribution in [2.75, 3.05) is 0 Å². The van der Waals surface area contributed by atoms with Gasteiger partial charge in [0.05, 0.1) is 10.7 Å². The van der Waals surface area contributed by atoms with Crippen molar-refractivity contribution in [2.45, 2.75) is 6.61 Å². The number of thiophene rings is 1. The lowest BCUT2D eigenvalue weighted by atomic mass is 10.2. The van der Waals surface area contributed by atoms with Crippen LogP contribution in [0.2, 0.25) is 0 Å². The second-order valence-corrected chi connectivity index (χ2v) is 5.11. The highest BCUT2D eigenvalue weighted by atomic mass is 79.9. The lowest BCUT2D eigenvalue weighted by molar-refractivity contribution is 0.132. The fraction of sp³-hybridized carbons (Fsp3) is 0.0833. The van der Waals surface area contributed by atoms with Crippen molar-refractivity contribution in [3.63, 3.8) is 0 Å². The lowest BCUT2D eigenvalue weighted by Crippen LogP contribution is -1.89. The van der Waals surface area contributed by atoms with Gasteiger partial charge in [0.1, 0.15) is 12.4 Å². The number of oxime groups is 1. The summed E-state index contributed by atoms with van der Waals surface area (Å²) in [5.41, 5.74) is 0.863. The van der Waals surface area contributed by atoms with Gasteiger partial charge in [0, 0.05) is 4.88 Å². The molecule has 0 spiro atoms. The summed E-state index contributed by atoms with van der Waals surface area (Å²) in [5, 5.41) is 5.81. The Bertz CT molecular complexity index is 513. The minimum absolute atomic E-state index is 0.282. The van der Waals surface area contributed by atoms with Gasteiger partial charge in [-0.1, -0.05) is 17.3 Å². The molecule has 0 N–H and O–H groups in total. The van der Waals surface area contributed by atoms with Crippen LogP contribution < -0.4 is 0 Å². The molecule has 0 aliphatic carbocycles. The summed E-state index contributed by atoms with van der Waals surface area (Å²) in [5.74, 6) is -0.282. The largest absolute Gasteiger partial charge is 0.391 e. The van der Waals surface area contributed by atoms with E-state index >= 15 is 0 Å². The van der Waals surface area contributed by atoms with Gasteiger partial charge in [0.25, 0.3) is 0 Å². The third-order valence-corrected chi connectivity index (χ3v) is 3.43. The van der Waals surface area contributed by atoms with Crippen LogP contribution in [-0.4, -0.2) is 6.21 Å². The predicted molar refractivity (Wildman–Crippen MR) is 70.8 cm³/mol. The average molecular weight is 314 g/mol. The zero-order chi connectivity index (χ0) is 12.1. The Balaban J connectivity index is 1.88. The Kier molecular flexibility index (Phi) is 4.28. The molecule has 1 heterocycles.